The fourth-order valence-corrected chi connectivity index (χ4v) is 6.09. The standard InChI is InChI=1S/C22H24ClN3O4S/c23-18-7-4-8-19(15-18)26-12-11-25(22(26)28)16-21(27)24-10-9-20(31(29,30)14-13-24)17-5-2-1-3-6-17/h1-8,15,20H,9-14,16H2. The van der Waals surface area contributed by atoms with Crippen molar-refractivity contribution in [3.8, 4) is 0 Å². The highest BCUT2D eigenvalue weighted by molar-refractivity contribution is 7.91. The van der Waals surface area contributed by atoms with E-state index in [1.807, 2.05) is 30.3 Å². The van der Waals surface area contributed by atoms with E-state index in [0.717, 1.165) is 5.56 Å². The predicted molar refractivity (Wildman–Crippen MR) is 120 cm³/mol. The van der Waals surface area contributed by atoms with Crippen LogP contribution in [0.15, 0.2) is 54.6 Å². The summed E-state index contributed by atoms with van der Waals surface area (Å²) in [5, 5.41) is -0.0724. The zero-order chi connectivity index (χ0) is 22.0. The summed E-state index contributed by atoms with van der Waals surface area (Å²) in [4.78, 5) is 30.3. The Bertz CT molecular complexity index is 1080. The average molecular weight is 462 g/mol. The van der Waals surface area contributed by atoms with Gasteiger partial charge in [-0.05, 0) is 30.2 Å². The second kappa shape index (κ2) is 8.88. The maximum Gasteiger partial charge on any atom is 0.325 e. The third kappa shape index (κ3) is 4.70. The summed E-state index contributed by atoms with van der Waals surface area (Å²) in [6.07, 6.45) is 0.348. The lowest BCUT2D eigenvalue weighted by Gasteiger charge is -2.24. The normalized spacial score (nSPS) is 21.3. The van der Waals surface area contributed by atoms with Gasteiger partial charge in [-0.25, -0.2) is 13.2 Å². The average Bonchev–Trinajstić information content (AvgIpc) is 3.01. The first kappa shape index (κ1) is 21.6. The molecule has 9 heteroatoms. The van der Waals surface area contributed by atoms with Gasteiger partial charge in [0.2, 0.25) is 5.91 Å². The van der Waals surface area contributed by atoms with Gasteiger partial charge in [0.05, 0.1) is 11.0 Å². The van der Waals surface area contributed by atoms with Crippen molar-refractivity contribution in [2.75, 3.05) is 43.4 Å². The van der Waals surface area contributed by atoms with Crippen molar-refractivity contribution in [2.24, 2.45) is 0 Å². The Morgan fingerprint density at radius 2 is 1.77 bits per heavy atom. The molecule has 0 spiro atoms. The van der Waals surface area contributed by atoms with Gasteiger partial charge in [-0.1, -0.05) is 48.0 Å². The molecule has 2 aromatic carbocycles. The molecule has 31 heavy (non-hydrogen) atoms. The minimum atomic E-state index is -3.36. The molecule has 2 fully saturated rings. The van der Waals surface area contributed by atoms with Gasteiger partial charge in [-0.2, -0.15) is 0 Å². The quantitative estimate of drug-likeness (QED) is 0.701. The lowest BCUT2D eigenvalue weighted by atomic mass is 10.1. The van der Waals surface area contributed by atoms with Crippen molar-refractivity contribution in [3.63, 3.8) is 0 Å². The van der Waals surface area contributed by atoms with Gasteiger partial charge in [0, 0.05) is 36.9 Å². The monoisotopic (exact) mass is 461 g/mol. The third-order valence-electron chi connectivity index (χ3n) is 5.81. The first-order chi connectivity index (χ1) is 14.8. The van der Waals surface area contributed by atoms with Crippen molar-refractivity contribution in [1.29, 1.82) is 0 Å². The summed E-state index contributed by atoms with van der Waals surface area (Å²) in [6, 6.07) is 15.9. The number of urea groups is 1. The number of nitrogens with zero attached hydrogens (tertiary/aromatic N) is 3. The van der Waals surface area contributed by atoms with E-state index < -0.39 is 15.1 Å². The molecule has 4 rings (SSSR count). The summed E-state index contributed by atoms with van der Waals surface area (Å²) in [5.74, 6) is -0.314. The molecule has 2 aliphatic rings. The van der Waals surface area contributed by atoms with Gasteiger partial charge in [-0.15, -0.1) is 0 Å². The largest absolute Gasteiger partial charge is 0.340 e. The molecule has 0 aromatic heterocycles. The molecule has 164 valence electrons. The zero-order valence-electron chi connectivity index (χ0n) is 17.0. The van der Waals surface area contributed by atoms with Crippen LogP contribution in [0.2, 0.25) is 5.02 Å². The Kier molecular flexibility index (Phi) is 6.20. The summed E-state index contributed by atoms with van der Waals surface area (Å²) in [7, 11) is -3.36. The molecule has 2 saturated heterocycles. The van der Waals surface area contributed by atoms with Gasteiger partial charge in [0.1, 0.15) is 6.54 Å². The first-order valence-electron chi connectivity index (χ1n) is 10.2. The highest BCUT2D eigenvalue weighted by Crippen LogP contribution is 2.29. The Morgan fingerprint density at radius 3 is 2.52 bits per heavy atom. The van der Waals surface area contributed by atoms with Crippen LogP contribution in [0.3, 0.4) is 0 Å². The molecule has 0 aliphatic carbocycles. The molecule has 0 N–H and O–H groups in total. The molecule has 2 aliphatic heterocycles. The lowest BCUT2D eigenvalue weighted by Crippen LogP contribution is -2.43. The summed E-state index contributed by atoms with van der Waals surface area (Å²) in [5.41, 5.74) is 1.45. The Balaban J connectivity index is 1.41. The minimum Gasteiger partial charge on any atom is -0.340 e. The number of halogens is 1. The van der Waals surface area contributed by atoms with Crippen LogP contribution >= 0.6 is 11.6 Å². The van der Waals surface area contributed by atoms with E-state index in [1.165, 1.54) is 4.90 Å². The van der Waals surface area contributed by atoms with Crippen LogP contribution in [0.1, 0.15) is 17.2 Å². The second-order valence-corrected chi connectivity index (χ2v) is 10.5. The maximum atomic E-state index is 12.9. The van der Waals surface area contributed by atoms with Crippen molar-refractivity contribution in [1.82, 2.24) is 9.80 Å². The van der Waals surface area contributed by atoms with E-state index in [-0.39, 0.29) is 30.8 Å². The van der Waals surface area contributed by atoms with Crippen LogP contribution in [0.5, 0.6) is 0 Å². The molecule has 0 bridgehead atoms. The van der Waals surface area contributed by atoms with Crippen molar-refractivity contribution in [2.45, 2.75) is 11.7 Å². The van der Waals surface area contributed by atoms with E-state index in [2.05, 4.69) is 0 Å². The van der Waals surface area contributed by atoms with Gasteiger partial charge in [-0.3, -0.25) is 9.69 Å². The SMILES string of the molecule is O=C(CN1CCN(c2cccc(Cl)c2)C1=O)N1CCC(c2ccccc2)S(=O)(=O)CC1. The van der Waals surface area contributed by atoms with Crippen LogP contribution in [0, 0.1) is 0 Å². The Hall–Kier alpha value is -2.58. The predicted octanol–water partition coefficient (Wildman–Crippen LogP) is 2.97. The maximum absolute atomic E-state index is 12.9. The second-order valence-electron chi connectivity index (χ2n) is 7.77. The van der Waals surface area contributed by atoms with Crippen molar-refractivity contribution in [3.05, 3.63) is 65.2 Å². The van der Waals surface area contributed by atoms with Crippen LogP contribution in [0.4, 0.5) is 10.5 Å². The van der Waals surface area contributed by atoms with Crippen molar-refractivity contribution >= 4 is 39.1 Å². The molecular weight excluding hydrogens is 438 g/mol. The number of sulfone groups is 1. The smallest absolute Gasteiger partial charge is 0.325 e. The van der Waals surface area contributed by atoms with E-state index in [1.54, 1.807) is 34.1 Å². The number of hydrogen-bond acceptors (Lipinski definition) is 4. The fourth-order valence-electron chi connectivity index (χ4n) is 4.11. The van der Waals surface area contributed by atoms with Crippen LogP contribution in [0.25, 0.3) is 0 Å². The van der Waals surface area contributed by atoms with E-state index in [9.17, 15) is 18.0 Å². The zero-order valence-corrected chi connectivity index (χ0v) is 18.6. The molecule has 2 aromatic rings. The van der Waals surface area contributed by atoms with E-state index >= 15 is 0 Å². The number of benzene rings is 2. The molecule has 0 saturated carbocycles. The number of rotatable bonds is 4. The molecule has 1 atom stereocenters. The van der Waals surface area contributed by atoms with Crippen LogP contribution in [-0.4, -0.2) is 68.6 Å². The van der Waals surface area contributed by atoms with Gasteiger partial charge in [0.15, 0.2) is 9.84 Å². The van der Waals surface area contributed by atoms with Crippen LogP contribution < -0.4 is 4.90 Å². The fraction of sp³-hybridized carbons (Fsp3) is 0.364. The highest BCUT2D eigenvalue weighted by atomic mass is 35.5. The summed E-state index contributed by atoms with van der Waals surface area (Å²) >= 11 is 6.03. The van der Waals surface area contributed by atoms with E-state index in [0.29, 0.717) is 36.8 Å². The molecule has 3 amide bonds. The van der Waals surface area contributed by atoms with Gasteiger partial charge >= 0.3 is 6.03 Å². The topological polar surface area (TPSA) is 78.0 Å². The summed E-state index contributed by atoms with van der Waals surface area (Å²) in [6.45, 7) is 1.32. The molecular formula is C22H24ClN3O4S. The Labute approximate surface area is 187 Å². The number of anilines is 1. The molecule has 1 unspecified atom stereocenters. The lowest BCUT2D eigenvalue weighted by molar-refractivity contribution is -0.131. The number of carbonyl (C=O) groups is 2. The minimum absolute atomic E-state index is 0.0635. The number of amides is 3. The van der Waals surface area contributed by atoms with Gasteiger partial charge < -0.3 is 9.80 Å². The summed E-state index contributed by atoms with van der Waals surface area (Å²) < 4.78 is 25.5. The molecule has 0 radical (unpaired) electrons. The molecule has 2 heterocycles. The van der Waals surface area contributed by atoms with Crippen molar-refractivity contribution < 1.29 is 18.0 Å². The van der Waals surface area contributed by atoms with E-state index in [4.69, 9.17) is 11.6 Å². The number of carbonyl (C=O) groups excluding carboxylic acids is 2. The molecule has 7 nitrogen and oxygen atoms in total. The number of hydrogen-bond donors (Lipinski definition) is 0. The van der Waals surface area contributed by atoms with Crippen LogP contribution in [-0.2, 0) is 14.6 Å². The highest BCUT2D eigenvalue weighted by Gasteiger charge is 2.35. The van der Waals surface area contributed by atoms with Gasteiger partial charge in [0.25, 0.3) is 0 Å². The first-order valence-corrected chi connectivity index (χ1v) is 12.3. The third-order valence-corrected chi connectivity index (χ3v) is 8.17. The Morgan fingerprint density at radius 1 is 1.00 bits per heavy atom.